The summed E-state index contributed by atoms with van der Waals surface area (Å²) in [6, 6.07) is 6.16. The van der Waals surface area contributed by atoms with E-state index in [-0.39, 0.29) is 24.7 Å². The molecule has 1 aromatic rings. The van der Waals surface area contributed by atoms with Crippen molar-refractivity contribution in [2.45, 2.75) is 19.1 Å². The maximum atomic E-state index is 12.7. The summed E-state index contributed by atoms with van der Waals surface area (Å²) in [5.74, 6) is -0.329. The van der Waals surface area contributed by atoms with Crippen molar-refractivity contribution in [2.24, 2.45) is 0 Å². The summed E-state index contributed by atoms with van der Waals surface area (Å²) in [4.78, 5) is 23.9. The summed E-state index contributed by atoms with van der Waals surface area (Å²) in [6.07, 6.45) is -0.0395. The molecular weight excluding hydrogens is 281 g/mol. The van der Waals surface area contributed by atoms with Gasteiger partial charge in [0.1, 0.15) is 5.82 Å². The second-order valence-corrected chi connectivity index (χ2v) is 5.22. The zero-order valence-electron chi connectivity index (χ0n) is 11.3. The summed E-state index contributed by atoms with van der Waals surface area (Å²) >= 11 is 1.44. The normalized spacial score (nSPS) is 10.3. The van der Waals surface area contributed by atoms with Crippen LogP contribution in [-0.2, 0) is 15.3 Å². The number of rotatable bonds is 8. The number of carboxylic acid groups (broad SMARTS) is 1. The first kappa shape index (κ1) is 16.5. The van der Waals surface area contributed by atoms with E-state index in [1.165, 1.54) is 28.8 Å². The molecule has 4 nitrogen and oxygen atoms in total. The Kier molecular flexibility index (Phi) is 7.08. The third-order valence-corrected chi connectivity index (χ3v) is 3.73. The average Bonchev–Trinajstić information content (AvgIpc) is 2.41. The minimum atomic E-state index is -0.907. The van der Waals surface area contributed by atoms with Crippen LogP contribution in [0.15, 0.2) is 24.3 Å². The van der Waals surface area contributed by atoms with Crippen molar-refractivity contribution in [2.75, 3.05) is 18.8 Å². The molecule has 0 bridgehead atoms. The quantitative estimate of drug-likeness (QED) is 0.800. The highest BCUT2D eigenvalue weighted by Gasteiger charge is 2.12. The molecule has 0 saturated carbocycles. The van der Waals surface area contributed by atoms with Crippen molar-refractivity contribution in [1.29, 1.82) is 0 Å². The molecule has 0 saturated heterocycles. The molecule has 0 atom stereocenters. The average molecular weight is 299 g/mol. The summed E-state index contributed by atoms with van der Waals surface area (Å²) in [5.41, 5.74) is 0.956. The maximum absolute atomic E-state index is 12.7. The van der Waals surface area contributed by atoms with Crippen LogP contribution in [0.2, 0.25) is 0 Å². The van der Waals surface area contributed by atoms with Gasteiger partial charge in [-0.2, -0.15) is 0 Å². The van der Waals surface area contributed by atoms with E-state index in [1.54, 1.807) is 12.1 Å². The molecule has 1 rings (SSSR count). The predicted octanol–water partition coefficient (Wildman–Crippen LogP) is 2.38. The molecule has 0 aliphatic heterocycles. The fraction of sp³-hybridized carbons (Fsp3) is 0.429. The van der Waals surface area contributed by atoms with Crippen LogP contribution in [0.1, 0.15) is 18.9 Å². The van der Waals surface area contributed by atoms with Crippen molar-refractivity contribution >= 4 is 23.6 Å². The van der Waals surface area contributed by atoms with Crippen molar-refractivity contribution < 1.29 is 19.1 Å². The topological polar surface area (TPSA) is 57.6 Å². The molecule has 0 radical (unpaired) electrons. The van der Waals surface area contributed by atoms with Crippen LogP contribution in [0.3, 0.4) is 0 Å². The Morgan fingerprint density at radius 3 is 2.50 bits per heavy atom. The minimum absolute atomic E-state index is 0.0395. The van der Waals surface area contributed by atoms with E-state index >= 15 is 0 Å². The van der Waals surface area contributed by atoms with E-state index in [4.69, 9.17) is 5.11 Å². The second-order valence-electron chi connectivity index (χ2n) is 4.24. The van der Waals surface area contributed by atoms with Gasteiger partial charge >= 0.3 is 5.97 Å². The highest BCUT2D eigenvalue weighted by Crippen LogP contribution is 2.13. The van der Waals surface area contributed by atoms with Crippen LogP contribution in [-0.4, -0.2) is 40.7 Å². The molecule has 0 aliphatic carbocycles. The first-order valence-electron chi connectivity index (χ1n) is 6.34. The van der Waals surface area contributed by atoms with Gasteiger partial charge in [-0.3, -0.25) is 9.59 Å². The molecule has 20 heavy (non-hydrogen) atoms. The van der Waals surface area contributed by atoms with Gasteiger partial charge < -0.3 is 10.0 Å². The number of nitrogens with zero attached hydrogens (tertiary/aromatic N) is 1. The van der Waals surface area contributed by atoms with Crippen LogP contribution in [0.25, 0.3) is 0 Å². The predicted molar refractivity (Wildman–Crippen MR) is 77.1 cm³/mol. The molecule has 110 valence electrons. The Labute approximate surface area is 122 Å². The van der Waals surface area contributed by atoms with Crippen molar-refractivity contribution in [3.63, 3.8) is 0 Å². The molecule has 0 spiro atoms. The van der Waals surface area contributed by atoms with E-state index in [9.17, 15) is 14.0 Å². The van der Waals surface area contributed by atoms with E-state index in [0.29, 0.717) is 18.1 Å². The number of carboxylic acids is 1. The van der Waals surface area contributed by atoms with Crippen LogP contribution >= 0.6 is 11.8 Å². The van der Waals surface area contributed by atoms with E-state index < -0.39 is 5.97 Å². The number of benzene rings is 1. The smallest absolute Gasteiger partial charge is 0.305 e. The Hall–Kier alpha value is -1.56. The Morgan fingerprint density at radius 2 is 1.95 bits per heavy atom. The van der Waals surface area contributed by atoms with Gasteiger partial charge in [0.05, 0.1) is 12.2 Å². The largest absolute Gasteiger partial charge is 0.481 e. The van der Waals surface area contributed by atoms with Gasteiger partial charge in [0.2, 0.25) is 5.91 Å². The molecule has 6 heteroatoms. The second kappa shape index (κ2) is 8.58. The first-order chi connectivity index (χ1) is 9.52. The van der Waals surface area contributed by atoms with Crippen LogP contribution in [0.4, 0.5) is 4.39 Å². The van der Waals surface area contributed by atoms with Gasteiger partial charge in [-0.15, -0.1) is 11.8 Å². The molecule has 1 N–H and O–H groups in total. The molecule has 0 aliphatic rings. The number of carbonyl (C=O) groups is 2. The number of hydrogen-bond acceptors (Lipinski definition) is 3. The highest BCUT2D eigenvalue weighted by atomic mass is 32.2. The van der Waals surface area contributed by atoms with Gasteiger partial charge in [-0.1, -0.05) is 12.1 Å². The van der Waals surface area contributed by atoms with Crippen molar-refractivity contribution in [1.82, 2.24) is 4.90 Å². The standard InChI is InChI=1S/C14H18FNO3S/c1-2-16(8-7-14(18)19)13(17)10-20-9-11-3-5-12(15)6-4-11/h3-6H,2,7-10H2,1H3,(H,18,19). The van der Waals surface area contributed by atoms with Gasteiger partial charge in [-0.25, -0.2) is 4.39 Å². The third kappa shape index (κ3) is 6.06. The Bertz CT molecular complexity index is 450. The van der Waals surface area contributed by atoms with Gasteiger partial charge in [0.15, 0.2) is 0 Å². The lowest BCUT2D eigenvalue weighted by Gasteiger charge is -2.19. The zero-order valence-corrected chi connectivity index (χ0v) is 12.2. The lowest BCUT2D eigenvalue weighted by atomic mass is 10.2. The minimum Gasteiger partial charge on any atom is -0.481 e. The van der Waals surface area contributed by atoms with E-state index in [2.05, 4.69) is 0 Å². The summed E-state index contributed by atoms with van der Waals surface area (Å²) in [6.45, 7) is 2.56. The molecule has 1 aromatic carbocycles. The number of amides is 1. The summed E-state index contributed by atoms with van der Waals surface area (Å²) in [7, 11) is 0. The number of thioether (sulfide) groups is 1. The molecule has 0 fully saturated rings. The van der Waals surface area contributed by atoms with E-state index in [0.717, 1.165) is 5.56 Å². The lowest BCUT2D eigenvalue weighted by Crippen LogP contribution is -2.34. The maximum Gasteiger partial charge on any atom is 0.305 e. The fourth-order valence-electron chi connectivity index (χ4n) is 1.62. The van der Waals surface area contributed by atoms with Crippen molar-refractivity contribution in [3.8, 4) is 0 Å². The lowest BCUT2D eigenvalue weighted by molar-refractivity contribution is -0.138. The molecule has 0 heterocycles. The number of aliphatic carboxylic acids is 1. The fourth-order valence-corrected chi connectivity index (χ4v) is 2.51. The van der Waals surface area contributed by atoms with Crippen LogP contribution in [0, 0.1) is 5.82 Å². The monoisotopic (exact) mass is 299 g/mol. The third-order valence-electron chi connectivity index (χ3n) is 2.74. The molecule has 0 unspecified atom stereocenters. The van der Waals surface area contributed by atoms with Gasteiger partial charge in [0, 0.05) is 18.8 Å². The van der Waals surface area contributed by atoms with Gasteiger partial charge in [0.25, 0.3) is 0 Å². The highest BCUT2D eigenvalue weighted by molar-refractivity contribution is 7.99. The molecular formula is C14H18FNO3S. The first-order valence-corrected chi connectivity index (χ1v) is 7.50. The molecule has 0 aromatic heterocycles. The molecule has 1 amide bonds. The summed E-state index contributed by atoms with van der Waals surface area (Å²) in [5, 5.41) is 8.61. The van der Waals surface area contributed by atoms with Crippen LogP contribution in [0.5, 0.6) is 0 Å². The Balaban J connectivity index is 2.33. The van der Waals surface area contributed by atoms with Crippen molar-refractivity contribution in [3.05, 3.63) is 35.6 Å². The SMILES string of the molecule is CCN(CCC(=O)O)C(=O)CSCc1ccc(F)cc1. The summed E-state index contributed by atoms with van der Waals surface area (Å²) < 4.78 is 12.7. The number of hydrogen-bond donors (Lipinski definition) is 1. The number of carbonyl (C=O) groups excluding carboxylic acids is 1. The van der Waals surface area contributed by atoms with Gasteiger partial charge in [-0.05, 0) is 24.6 Å². The van der Waals surface area contributed by atoms with Crippen LogP contribution < -0.4 is 0 Å². The Morgan fingerprint density at radius 1 is 1.30 bits per heavy atom. The van der Waals surface area contributed by atoms with E-state index in [1.807, 2.05) is 6.92 Å². The number of halogens is 1. The zero-order chi connectivity index (χ0) is 15.0.